The Kier molecular flexibility index (Phi) is 6.89. The van der Waals surface area contributed by atoms with Crippen molar-refractivity contribution in [2.75, 3.05) is 13.7 Å². The summed E-state index contributed by atoms with van der Waals surface area (Å²) in [4.78, 5) is 12.2. The first kappa shape index (κ1) is 19.0. The van der Waals surface area contributed by atoms with Crippen molar-refractivity contribution >= 4 is 18.4 Å². The van der Waals surface area contributed by atoms with E-state index < -0.39 is 0 Å². The standard InChI is InChI=1S/C18H27NO2.ClH/c1-18(2,3)14-10-8-13(9-11-14)16(17(20)21-4)15-7-5-6-12-19-15;/h8-11,15-16,19H,5-7,12H2,1-4H3;1H/t15?,16-;/m0./s1. The summed E-state index contributed by atoms with van der Waals surface area (Å²) in [7, 11) is 1.47. The van der Waals surface area contributed by atoms with Crippen LogP contribution in [0.1, 0.15) is 57.1 Å². The SMILES string of the molecule is COC(=O)[C@@H](c1ccc(C(C)(C)C)cc1)C1CCCCN1.Cl. The minimum absolute atomic E-state index is 0. The van der Waals surface area contributed by atoms with Gasteiger partial charge in [-0.3, -0.25) is 4.79 Å². The maximum absolute atomic E-state index is 12.2. The first-order valence-electron chi connectivity index (χ1n) is 7.85. The topological polar surface area (TPSA) is 38.3 Å². The van der Waals surface area contributed by atoms with Crippen LogP contribution < -0.4 is 5.32 Å². The molecule has 0 aromatic heterocycles. The minimum Gasteiger partial charge on any atom is -0.469 e. The van der Waals surface area contributed by atoms with Crippen LogP contribution >= 0.6 is 12.4 Å². The molecule has 1 unspecified atom stereocenters. The lowest BCUT2D eigenvalue weighted by Crippen LogP contribution is -2.42. The zero-order valence-corrected chi connectivity index (χ0v) is 14.8. The van der Waals surface area contributed by atoms with Gasteiger partial charge in [0.2, 0.25) is 0 Å². The van der Waals surface area contributed by atoms with Crippen LogP contribution in [0.3, 0.4) is 0 Å². The molecule has 124 valence electrons. The highest BCUT2D eigenvalue weighted by Crippen LogP contribution is 2.29. The second-order valence-electron chi connectivity index (χ2n) is 6.93. The van der Waals surface area contributed by atoms with Crippen molar-refractivity contribution in [3.05, 3.63) is 35.4 Å². The fourth-order valence-electron chi connectivity index (χ4n) is 3.01. The van der Waals surface area contributed by atoms with Crippen LogP contribution in [0.25, 0.3) is 0 Å². The van der Waals surface area contributed by atoms with E-state index in [0.717, 1.165) is 18.5 Å². The fourth-order valence-corrected chi connectivity index (χ4v) is 3.01. The number of esters is 1. The number of methoxy groups -OCH3 is 1. The quantitative estimate of drug-likeness (QED) is 0.859. The van der Waals surface area contributed by atoms with Crippen LogP contribution in [-0.4, -0.2) is 25.7 Å². The van der Waals surface area contributed by atoms with Gasteiger partial charge >= 0.3 is 5.97 Å². The van der Waals surface area contributed by atoms with Crippen molar-refractivity contribution in [1.29, 1.82) is 0 Å². The molecule has 1 aliphatic rings. The van der Waals surface area contributed by atoms with Crippen LogP contribution in [0.2, 0.25) is 0 Å². The Balaban J connectivity index is 0.00000242. The van der Waals surface area contributed by atoms with Crippen molar-refractivity contribution in [3.63, 3.8) is 0 Å². The summed E-state index contributed by atoms with van der Waals surface area (Å²) in [5, 5.41) is 3.48. The Morgan fingerprint density at radius 2 is 1.86 bits per heavy atom. The van der Waals surface area contributed by atoms with Gasteiger partial charge in [0, 0.05) is 6.04 Å². The molecule has 1 saturated heterocycles. The highest BCUT2D eigenvalue weighted by atomic mass is 35.5. The number of carbonyl (C=O) groups is 1. The molecule has 3 nitrogen and oxygen atoms in total. The maximum atomic E-state index is 12.2. The van der Waals surface area contributed by atoms with Gasteiger partial charge in [-0.25, -0.2) is 0 Å². The molecular formula is C18H28ClNO2. The number of hydrogen-bond acceptors (Lipinski definition) is 3. The van der Waals surface area contributed by atoms with Gasteiger partial charge in [0.25, 0.3) is 0 Å². The van der Waals surface area contributed by atoms with Crippen LogP contribution in [0, 0.1) is 0 Å². The first-order chi connectivity index (χ1) is 9.93. The Labute approximate surface area is 140 Å². The van der Waals surface area contributed by atoms with E-state index in [9.17, 15) is 4.79 Å². The molecule has 0 spiro atoms. The minimum atomic E-state index is -0.204. The molecule has 0 saturated carbocycles. The van der Waals surface area contributed by atoms with E-state index in [1.165, 1.54) is 25.5 Å². The average molecular weight is 326 g/mol. The molecule has 0 radical (unpaired) electrons. The second-order valence-corrected chi connectivity index (χ2v) is 6.93. The summed E-state index contributed by atoms with van der Waals surface area (Å²) in [6.07, 6.45) is 3.39. The van der Waals surface area contributed by atoms with E-state index in [2.05, 4.69) is 50.4 Å². The van der Waals surface area contributed by atoms with Gasteiger partial charge in [-0.2, -0.15) is 0 Å². The van der Waals surface area contributed by atoms with Gasteiger partial charge in [-0.15, -0.1) is 12.4 Å². The third-order valence-electron chi connectivity index (χ3n) is 4.34. The molecule has 0 bridgehead atoms. The largest absolute Gasteiger partial charge is 0.469 e. The molecule has 1 aromatic carbocycles. The smallest absolute Gasteiger partial charge is 0.314 e. The molecule has 1 aromatic rings. The zero-order chi connectivity index (χ0) is 15.5. The van der Waals surface area contributed by atoms with Crippen molar-refractivity contribution in [2.24, 2.45) is 0 Å². The summed E-state index contributed by atoms with van der Waals surface area (Å²) in [6.45, 7) is 7.58. The lowest BCUT2D eigenvalue weighted by Gasteiger charge is -2.30. The van der Waals surface area contributed by atoms with Crippen molar-refractivity contribution < 1.29 is 9.53 Å². The molecule has 1 N–H and O–H groups in total. The normalized spacial score (nSPS) is 19.9. The zero-order valence-electron chi connectivity index (χ0n) is 14.0. The molecule has 0 aliphatic carbocycles. The average Bonchev–Trinajstić information content (AvgIpc) is 2.48. The molecule has 1 aliphatic heterocycles. The van der Waals surface area contributed by atoms with Crippen LogP contribution in [0.15, 0.2) is 24.3 Å². The van der Waals surface area contributed by atoms with Gasteiger partial charge < -0.3 is 10.1 Å². The predicted molar refractivity (Wildman–Crippen MR) is 92.8 cm³/mol. The van der Waals surface area contributed by atoms with Crippen molar-refractivity contribution in [3.8, 4) is 0 Å². The number of piperidine rings is 1. The van der Waals surface area contributed by atoms with Crippen molar-refractivity contribution in [2.45, 2.75) is 57.4 Å². The Morgan fingerprint density at radius 3 is 2.32 bits per heavy atom. The third kappa shape index (κ3) is 4.47. The van der Waals surface area contributed by atoms with Gasteiger partial charge in [-0.05, 0) is 35.9 Å². The molecule has 4 heteroatoms. The fraction of sp³-hybridized carbons (Fsp3) is 0.611. The highest BCUT2D eigenvalue weighted by Gasteiger charge is 2.31. The lowest BCUT2D eigenvalue weighted by molar-refractivity contribution is -0.143. The van der Waals surface area contributed by atoms with Crippen LogP contribution in [-0.2, 0) is 14.9 Å². The number of halogens is 1. The number of hydrogen-bond donors (Lipinski definition) is 1. The predicted octanol–water partition coefficient (Wildman–Crippen LogP) is 3.80. The lowest BCUT2D eigenvalue weighted by atomic mass is 9.83. The Morgan fingerprint density at radius 1 is 1.23 bits per heavy atom. The van der Waals surface area contributed by atoms with Crippen molar-refractivity contribution in [1.82, 2.24) is 5.32 Å². The Hall–Kier alpha value is -1.06. The van der Waals surface area contributed by atoms with Crippen LogP contribution in [0.4, 0.5) is 0 Å². The molecule has 22 heavy (non-hydrogen) atoms. The molecule has 2 atom stereocenters. The number of nitrogens with one attached hydrogen (secondary N) is 1. The summed E-state index contributed by atoms with van der Waals surface area (Å²) in [5.74, 6) is -0.345. The van der Waals surface area contributed by atoms with Gasteiger partial charge in [0.05, 0.1) is 13.0 Å². The van der Waals surface area contributed by atoms with E-state index in [0.29, 0.717) is 0 Å². The molecule has 1 fully saturated rings. The second kappa shape index (κ2) is 7.98. The van der Waals surface area contributed by atoms with Gasteiger partial charge in [-0.1, -0.05) is 51.5 Å². The molecule has 2 rings (SSSR count). The van der Waals surface area contributed by atoms with E-state index in [1.807, 2.05) is 0 Å². The maximum Gasteiger partial charge on any atom is 0.314 e. The number of benzene rings is 1. The molecule has 1 heterocycles. The first-order valence-corrected chi connectivity index (χ1v) is 7.85. The van der Waals surface area contributed by atoms with Gasteiger partial charge in [0.15, 0.2) is 0 Å². The number of ether oxygens (including phenoxy) is 1. The van der Waals surface area contributed by atoms with E-state index in [4.69, 9.17) is 4.74 Å². The van der Waals surface area contributed by atoms with E-state index in [-0.39, 0.29) is 35.8 Å². The summed E-state index contributed by atoms with van der Waals surface area (Å²) < 4.78 is 5.04. The highest BCUT2D eigenvalue weighted by molar-refractivity contribution is 5.85. The molecular weight excluding hydrogens is 298 g/mol. The van der Waals surface area contributed by atoms with Crippen LogP contribution in [0.5, 0.6) is 0 Å². The monoisotopic (exact) mass is 325 g/mol. The summed E-state index contributed by atoms with van der Waals surface area (Å²) in [5.41, 5.74) is 2.46. The third-order valence-corrected chi connectivity index (χ3v) is 4.34. The van der Waals surface area contributed by atoms with E-state index >= 15 is 0 Å². The van der Waals surface area contributed by atoms with E-state index in [1.54, 1.807) is 0 Å². The van der Waals surface area contributed by atoms with Gasteiger partial charge in [0.1, 0.15) is 0 Å². The summed E-state index contributed by atoms with van der Waals surface area (Å²) >= 11 is 0. The summed E-state index contributed by atoms with van der Waals surface area (Å²) in [6, 6.07) is 8.62. The molecule has 0 amide bonds. The Bertz CT molecular complexity index is 473. The number of carbonyl (C=O) groups excluding carboxylic acids is 1. The number of rotatable bonds is 3.